The third-order valence-corrected chi connectivity index (χ3v) is 2.00. The summed E-state index contributed by atoms with van der Waals surface area (Å²) in [4.78, 5) is 10.9. The van der Waals surface area contributed by atoms with Crippen molar-refractivity contribution in [3.8, 4) is 5.75 Å². The topological polar surface area (TPSA) is 72.5 Å². The van der Waals surface area contributed by atoms with Crippen molar-refractivity contribution in [3.63, 3.8) is 0 Å². The minimum atomic E-state index is -0.770. The Morgan fingerprint density at radius 2 is 2.25 bits per heavy atom. The molecule has 0 saturated heterocycles. The van der Waals surface area contributed by atoms with Crippen molar-refractivity contribution in [1.29, 1.82) is 0 Å². The van der Waals surface area contributed by atoms with Gasteiger partial charge < -0.3 is 15.6 Å². The molecule has 0 aliphatic carbocycles. The maximum Gasteiger partial charge on any atom is 0.307 e. The second-order valence-corrected chi connectivity index (χ2v) is 3.09. The predicted molar refractivity (Wildman–Crippen MR) is 58.9 cm³/mol. The van der Waals surface area contributed by atoms with Crippen LogP contribution in [0.5, 0.6) is 5.75 Å². The Morgan fingerprint density at radius 3 is 2.81 bits per heavy atom. The maximum atomic E-state index is 12.8. The highest BCUT2D eigenvalue weighted by molar-refractivity contribution is 5.85. The molecule has 0 fully saturated rings. The molecule has 1 rings (SSSR count). The van der Waals surface area contributed by atoms with E-state index in [0.717, 1.165) is 12.1 Å². The highest BCUT2D eigenvalue weighted by Gasteiger charge is 2.15. The number of nitrogens with two attached hydrogens (primary N) is 1. The van der Waals surface area contributed by atoms with E-state index in [2.05, 4.69) is 4.74 Å². The van der Waals surface area contributed by atoms with Gasteiger partial charge in [0.15, 0.2) is 0 Å². The van der Waals surface area contributed by atoms with Gasteiger partial charge in [0, 0.05) is 11.6 Å². The van der Waals surface area contributed by atoms with Crippen LogP contribution in [0.25, 0.3) is 0 Å². The van der Waals surface area contributed by atoms with Crippen molar-refractivity contribution in [2.45, 2.75) is 12.5 Å². The first-order valence-corrected chi connectivity index (χ1v) is 4.35. The van der Waals surface area contributed by atoms with Crippen molar-refractivity contribution in [3.05, 3.63) is 29.6 Å². The van der Waals surface area contributed by atoms with E-state index in [9.17, 15) is 14.3 Å². The third-order valence-electron chi connectivity index (χ3n) is 2.00. The number of hydrogen-bond donors (Lipinski definition) is 2. The number of methoxy groups -OCH3 is 1. The monoisotopic (exact) mass is 249 g/mol. The number of rotatable bonds is 3. The average Bonchev–Trinajstić information content (AvgIpc) is 2.21. The number of ether oxygens (including phenoxy) is 1. The molecule has 0 aliphatic heterocycles. The number of halogens is 2. The van der Waals surface area contributed by atoms with Gasteiger partial charge in [-0.1, -0.05) is 0 Å². The van der Waals surface area contributed by atoms with Crippen LogP contribution in [0.15, 0.2) is 18.2 Å². The molecular weight excluding hydrogens is 237 g/mol. The summed E-state index contributed by atoms with van der Waals surface area (Å²) < 4.78 is 17.3. The molecule has 0 spiro atoms. The zero-order chi connectivity index (χ0) is 11.4. The summed E-state index contributed by atoms with van der Waals surface area (Å²) in [5.74, 6) is -1.15. The lowest BCUT2D eigenvalue weighted by Gasteiger charge is -2.12. The van der Waals surface area contributed by atoms with E-state index in [0.29, 0.717) is 0 Å². The highest BCUT2D eigenvalue weighted by Crippen LogP contribution is 2.25. The lowest BCUT2D eigenvalue weighted by atomic mass is 10.0. The number of phenols is 1. The Bertz CT molecular complexity index is 373. The molecule has 6 heteroatoms. The standard InChI is InChI=1S/C10H12FNO3.ClH/c1-15-10(14)5-8(12)7-4-6(11)2-3-9(7)13;/h2-4,8,13H,5,12H2,1H3;1H/t8-;/m0./s1. The van der Waals surface area contributed by atoms with E-state index in [1.807, 2.05) is 0 Å². The predicted octanol–water partition coefficient (Wildman–Crippen LogP) is 1.52. The highest BCUT2D eigenvalue weighted by atomic mass is 35.5. The van der Waals surface area contributed by atoms with Gasteiger partial charge in [-0.15, -0.1) is 12.4 Å². The van der Waals surface area contributed by atoms with Crippen LogP contribution in [-0.2, 0) is 9.53 Å². The molecule has 90 valence electrons. The van der Waals surface area contributed by atoms with Crippen LogP contribution in [0.2, 0.25) is 0 Å². The molecule has 1 atom stereocenters. The molecule has 0 bridgehead atoms. The quantitative estimate of drug-likeness (QED) is 0.797. The Labute approximate surface area is 98.6 Å². The zero-order valence-corrected chi connectivity index (χ0v) is 9.46. The Kier molecular flexibility index (Phi) is 5.77. The molecule has 0 unspecified atom stereocenters. The van der Waals surface area contributed by atoms with Crippen LogP contribution >= 0.6 is 12.4 Å². The summed E-state index contributed by atoms with van der Waals surface area (Å²) >= 11 is 0. The average molecular weight is 250 g/mol. The first-order valence-electron chi connectivity index (χ1n) is 4.35. The summed E-state index contributed by atoms with van der Waals surface area (Å²) in [6, 6.07) is 2.64. The summed E-state index contributed by atoms with van der Waals surface area (Å²) in [6.45, 7) is 0. The van der Waals surface area contributed by atoms with E-state index in [1.54, 1.807) is 0 Å². The van der Waals surface area contributed by atoms with Gasteiger partial charge in [0.1, 0.15) is 11.6 Å². The first kappa shape index (κ1) is 14.7. The second-order valence-electron chi connectivity index (χ2n) is 3.09. The third kappa shape index (κ3) is 3.67. The number of benzene rings is 1. The SMILES string of the molecule is COC(=O)C[C@H](N)c1cc(F)ccc1O.Cl. The van der Waals surface area contributed by atoms with Crippen LogP contribution < -0.4 is 5.73 Å². The van der Waals surface area contributed by atoms with Gasteiger partial charge in [0.25, 0.3) is 0 Å². The second kappa shape index (κ2) is 6.30. The minimum absolute atomic E-state index is 0. The molecule has 0 saturated carbocycles. The number of carbonyl (C=O) groups excluding carboxylic acids is 1. The molecule has 1 aromatic carbocycles. The lowest BCUT2D eigenvalue weighted by molar-refractivity contribution is -0.141. The molecule has 0 amide bonds. The molecule has 16 heavy (non-hydrogen) atoms. The van der Waals surface area contributed by atoms with Gasteiger partial charge in [0.05, 0.1) is 13.5 Å². The minimum Gasteiger partial charge on any atom is -0.508 e. The summed E-state index contributed by atoms with van der Waals surface area (Å²) in [5.41, 5.74) is 5.81. The van der Waals surface area contributed by atoms with Gasteiger partial charge in [-0.05, 0) is 18.2 Å². The number of esters is 1. The number of carbonyl (C=O) groups is 1. The fourth-order valence-electron chi connectivity index (χ4n) is 1.20. The van der Waals surface area contributed by atoms with E-state index in [1.165, 1.54) is 13.2 Å². The van der Waals surface area contributed by atoms with Crippen LogP contribution in [0.4, 0.5) is 4.39 Å². The van der Waals surface area contributed by atoms with Crippen LogP contribution in [0.3, 0.4) is 0 Å². The smallest absolute Gasteiger partial charge is 0.307 e. The Morgan fingerprint density at radius 1 is 1.62 bits per heavy atom. The van der Waals surface area contributed by atoms with Crippen molar-refractivity contribution in [2.24, 2.45) is 5.73 Å². The summed E-state index contributed by atoms with van der Waals surface area (Å²) in [5, 5.41) is 9.39. The normalized spacial score (nSPS) is 11.4. The first-order chi connectivity index (χ1) is 7.04. The van der Waals surface area contributed by atoms with Crippen LogP contribution in [0, 0.1) is 5.82 Å². The van der Waals surface area contributed by atoms with E-state index in [4.69, 9.17) is 5.73 Å². The van der Waals surface area contributed by atoms with Gasteiger partial charge in [0.2, 0.25) is 0 Å². The van der Waals surface area contributed by atoms with Crippen LogP contribution in [0.1, 0.15) is 18.0 Å². The van der Waals surface area contributed by atoms with E-state index < -0.39 is 17.8 Å². The van der Waals surface area contributed by atoms with Crippen molar-refractivity contribution in [2.75, 3.05) is 7.11 Å². The number of phenolic OH excluding ortho intramolecular Hbond substituents is 1. The summed E-state index contributed by atoms with van der Waals surface area (Å²) in [7, 11) is 1.24. The van der Waals surface area contributed by atoms with Crippen molar-refractivity contribution in [1.82, 2.24) is 0 Å². The number of hydrogen-bond acceptors (Lipinski definition) is 4. The molecular formula is C10H13ClFNO3. The Balaban J connectivity index is 0.00000225. The fourth-order valence-corrected chi connectivity index (χ4v) is 1.20. The van der Waals surface area contributed by atoms with E-state index in [-0.39, 0.29) is 30.1 Å². The molecule has 0 aliphatic rings. The summed E-state index contributed by atoms with van der Waals surface area (Å²) in [6.07, 6.45) is -0.104. The van der Waals surface area contributed by atoms with E-state index >= 15 is 0 Å². The molecule has 3 N–H and O–H groups in total. The lowest BCUT2D eigenvalue weighted by Crippen LogP contribution is -2.16. The molecule has 1 aromatic rings. The number of aromatic hydroxyl groups is 1. The van der Waals surface area contributed by atoms with Gasteiger partial charge >= 0.3 is 5.97 Å². The van der Waals surface area contributed by atoms with Crippen molar-refractivity contribution < 1.29 is 19.0 Å². The van der Waals surface area contributed by atoms with Crippen molar-refractivity contribution >= 4 is 18.4 Å². The Hall–Kier alpha value is -1.33. The zero-order valence-electron chi connectivity index (χ0n) is 8.64. The molecule has 0 heterocycles. The molecule has 0 radical (unpaired) electrons. The van der Waals surface area contributed by atoms with Gasteiger partial charge in [-0.2, -0.15) is 0 Å². The maximum absolute atomic E-state index is 12.8. The largest absolute Gasteiger partial charge is 0.508 e. The molecule has 4 nitrogen and oxygen atoms in total. The fraction of sp³-hybridized carbons (Fsp3) is 0.300. The van der Waals surface area contributed by atoms with Gasteiger partial charge in [-0.3, -0.25) is 4.79 Å². The van der Waals surface area contributed by atoms with Gasteiger partial charge in [-0.25, -0.2) is 4.39 Å². The van der Waals surface area contributed by atoms with Crippen LogP contribution in [-0.4, -0.2) is 18.2 Å². The molecule has 0 aromatic heterocycles.